The molecule has 6 heteroatoms. The summed E-state index contributed by atoms with van der Waals surface area (Å²) in [5.41, 5.74) is 0. The fraction of sp³-hybridized carbons (Fsp3) is 0.764. The maximum absolute atomic E-state index is 12.8. The molecule has 1 atom stereocenters. The summed E-state index contributed by atoms with van der Waals surface area (Å²) >= 11 is 0. The molecule has 0 rings (SSSR count). The molecule has 61 heavy (non-hydrogen) atoms. The Morgan fingerprint density at radius 1 is 0.344 bits per heavy atom. The number of hydrogen-bond donors (Lipinski definition) is 0. The van der Waals surface area contributed by atoms with E-state index >= 15 is 0 Å². The third-order valence-electron chi connectivity index (χ3n) is 11.0. The first-order valence-corrected chi connectivity index (χ1v) is 25.8. The molecule has 0 saturated heterocycles. The van der Waals surface area contributed by atoms with Crippen molar-refractivity contribution in [1.82, 2.24) is 0 Å². The van der Waals surface area contributed by atoms with Crippen molar-refractivity contribution < 1.29 is 28.6 Å². The van der Waals surface area contributed by atoms with Crippen molar-refractivity contribution in [2.75, 3.05) is 13.2 Å². The number of unbranched alkanes of at least 4 members (excludes halogenated alkanes) is 25. The molecule has 0 aromatic rings. The Kier molecular flexibility index (Phi) is 47.4. The Hall–Kier alpha value is -2.89. The molecule has 0 radical (unpaired) electrons. The van der Waals surface area contributed by atoms with Gasteiger partial charge in [-0.25, -0.2) is 0 Å². The number of carbonyl (C=O) groups excluding carboxylic acids is 3. The zero-order chi connectivity index (χ0) is 44.4. The fourth-order valence-corrected chi connectivity index (χ4v) is 7.13. The summed E-state index contributed by atoms with van der Waals surface area (Å²) in [6, 6.07) is 0. The number of esters is 3. The van der Waals surface area contributed by atoms with E-state index in [-0.39, 0.29) is 31.1 Å². The molecule has 0 aromatic carbocycles. The lowest BCUT2D eigenvalue weighted by molar-refractivity contribution is -0.167. The predicted octanol–water partition coefficient (Wildman–Crippen LogP) is 16.9. The van der Waals surface area contributed by atoms with Gasteiger partial charge in [-0.05, 0) is 83.5 Å². The van der Waals surface area contributed by atoms with Crippen molar-refractivity contribution in [2.45, 2.75) is 258 Å². The van der Waals surface area contributed by atoms with Crippen LogP contribution in [-0.4, -0.2) is 37.2 Å². The summed E-state index contributed by atoms with van der Waals surface area (Å²) in [6.07, 6.45) is 60.6. The van der Waals surface area contributed by atoms with E-state index in [0.717, 1.165) is 96.3 Å². The van der Waals surface area contributed by atoms with Gasteiger partial charge < -0.3 is 14.2 Å². The average molecular weight is 853 g/mol. The van der Waals surface area contributed by atoms with Crippen LogP contribution in [-0.2, 0) is 28.6 Å². The summed E-state index contributed by atoms with van der Waals surface area (Å²) in [4.78, 5) is 37.9. The molecule has 0 aromatic heterocycles. The van der Waals surface area contributed by atoms with Gasteiger partial charge in [-0.15, -0.1) is 0 Å². The highest BCUT2D eigenvalue weighted by molar-refractivity contribution is 5.71. The Balaban J connectivity index is 4.39. The Bertz CT molecular complexity index is 1120. The lowest BCUT2D eigenvalue weighted by atomic mass is 10.1. The maximum Gasteiger partial charge on any atom is 0.306 e. The zero-order valence-corrected chi connectivity index (χ0v) is 40.2. The molecule has 0 bridgehead atoms. The van der Waals surface area contributed by atoms with Crippen molar-refractivity contribution >= 4 is 17.9 Å². The van der Waals surface area contributed by atoms with Gasteiger partial charge in [0.2, 0.25) is 0 Å². The Labute approximate surface area is 377 Å². The summed E-state index contributed by atoms with van der Waals surface area (Å²) in [5.74, 6) is -0.907. The number of rotatable bonds is 46. The van der Waals surface area contributed by atoms with Crippen LogP contribution in [0.1, 0.15) is 252 Å². The first-order chi connectivity index (χ1) is 30.0. The monoisotopic (exact) mass is 853 g/mol. The van der Waals surface area contributed by atoms with Gasteiger partial charge in [-0.3, -0.25) is 14.4 Å². The molecule has 0 aliphatic rings. The molecular weight excluding hydrogens is 757 g/mol. The highest BCUT2D eigenvalue weighted by atomic mass is 16.6. The average Bonchev–Trinajstić information content (AvgIpc) is 3.26. The van der Waals surface area contributed by atoms with E-state index in [4.69, 9.17) is 14.2 Å². The molecule has 0 aliphatic carbocycles. The van der Waals surface area contributed by atoms with E-state index in [9.17, 15) is 14.4 Å². The second-order valence-electron chi connectivity index (χ2n) is 17.1. The predicted molar refractivity (Wildman–Crippen MR) is 261 cm³/mol. The van der Waals surface area contributed by atoms with Crippen LogP contribution in [0.4, 0.5) is 0 Å². The van der Waals surface area contributed by atoms with Crippen LogP contribution in [0, 0.1) is 0 Å². The molecule has 0 fully saturated rings. The first kappa shape index (κ1) is 58.1. The maximum atomic E-state index is 12.8. The van der Waals surface area contributed by atoms with Crippen LogP contribution in [0.15, 0.2) is 60.8 Å². The lowest BCUT2D eigenvalue weighted by Crippen LogP contribution is -2.30. The minimum atomic E-state index is -0.782. The molecule has 352 valence electrons. The third kappa shape index (κ3) is 48.0. The summed E-state index contributed by atoms with van der Waals surface area (Å²) in [6.45, 7) is 6.49. The summed E-state index contributed by atoms with van der Waals surface area (Å²) < 4.78 is 16.8. The van der Waals surface area contributed by atoms with E-state index in [1.54, 1.807) is 0 Å². The largest absolute Gasteiger partial charge is 0.462 e. The SMILES string of the molecule is CC/C=C\C/C=C\C/C=C\C/C=C\CCCCCCC(=O)OC[C@H](COC(=O)CCCCCCCCC/C=C\CCCCCC)OC(=O)CCCCCCCCCCCCC. The number of ether oxygens (including phenoxy) is 3. The van der Waals surface area contributed by atoms with E-state index in [0.29, 0.717) is 19.3 Å². The van der Waals surface area contributed by atoms with Crippen LogP contribution in [0.5, 0.6) is 0 Å². The number of hydrogen-bond acceptors (Lipinski definition) is 6. The Morgan fingerprint density at radius 2 is 0.639 bits per heavy atom. The van der Waals surface area contributed by atoms with E-state index in [2.05, 4.69) is 81.5 Å². The minimum Gasteiger partial charge on any atom is -0.462 e. The van der Waals surface area contributed by atoms with Crippen LogP contribution >= 0.6 is 0 Å². The van der Waals surface area contributed by atoms with Crippen molar-refractivity contribution in [3.8, 4) is 0 Å². The van der Waals surface area contributed by atoms with Gasteiger partial charge in [0.15, 0.2) is 6.10 Å². The van der Waals surface area contributed by atoms with Gasteiger partial charge in [0.25, 0.3) is 0 Å². The fourth-order valence-electron chi connectivity index (χ4n) is 7.13. The molecule has 0 unspecified atom stereocenters. The quantitative estimate of drug-likeness (QED) is 0.0263. The number of carbonyl (C=O) groups is 3. The van der Waals surface area contributed by atoms with Crippen molar-refractivity contribution in [3.63, 3.8) is 0 Å². The van der Waals surface area contributed by atoms with E-state index < -0.39 is 6.10 Å². The summed E-state index contributed by atoms with van der Waals surface area (Å²) in [7, 11) is 0. The second kappa shape index (κ2) is 49.8. The zero-order valence-electron chi connectivity index (χ0n) is 40.2. The topological polar surface area (TPSA) is 78.9 Å². The van der Waals surface area contributed by atoms with Crippen molar-refractivity contribution in [3.05, 3.63) is 60.8 Å². The Morgan fingerprint density at radius 3 is 1.03 bits per heavy atom. The normalized spacial score (nSPS) is 12.5. The van der Waals surface area contributed by atoms with Gasteiger partial charge in [-0.2, -0.15) is 0 Å². The third-order valence-corrected chi connectivity index (χ3v) is 11.0. The van der Waals surface area contributed by atoms with Crippen molar-refractivity contribution in [2.24, 2.45) is 0 Å². The molecule has 0 heterocycles. The highest BCUT2D eigenvalue weighted by Gasteiger charge is 2.19. The molecule has 0 amide bonds. The number of allylic oxidation sites excluding steroid dienone is 10. The van der Waals surface area contributed by atoms with Gasteiger partial charge >= 0.3 is 17.9 Å². The first-order valence-electron chi connectivity index (χ1n) is 25.8. The molecule has 0 spiro atoms. The standard InChI is InChI=1S/C55H96O6/c1-4-7-10-13-16-19-22-24-26-27-29-31-34-36-39-42-45-48-54(57)60-51-52(61-55(58)49-46-43-40-37-32-21-18-15-12-9-6-3)50-59-53(56)47-44-41-38-35-33-30-28-25-23-20-17-14-11-8-5-2/h7,10,16,19-20,23-24,26,29,31,52H,4-6,8-9,11-15,17-18,21-22,25,27-28,30,32-51H2,1-3H3/b10-7-,19-16-,23-20-,26-24-,31-29-/t52-/m0/s1. The highest BCUT2D eigenvalue weighted by Crippen LogP contribution is 2.15. The molecule has 0 aliphatic heterocycles. The van der Waals surface area contributed by atoms with Crippen LogP contribution in [0.2, 0.25) is 0 Å². The molecule has 6 nitrogen and oxygen atoms in total. The smallest absolute Gasteiger partial charge is 0.306 e. The van der Waals surface area contributed by atoms with Crippen LogP contribution < -0.4 is 0 Å². The van der Waals surface area contributed by atoms with Gasteiger partial charge in [0, 0.05) is 19.3 Å². The molecular formula is C55H96O6. The van der Waals surface area contributed by atoms with Gasteiger partial charge in [0.1, 0.15) is 13.2 Å². The van der Waals surface area contributed by atoms with E-state index in [1.807, 2.05) is 0 Å². The van der Waals surface area contributed by atoms with Crippen molar-refractivity contribution in [1.29, 1.82) is 0 Å². The van der Waals surface area contributed by atoms with Gasteiger partial charge in [-0.1, -0.05) is 210 Å². The van der Waals surface area contributed by atoms with Crippen LogP contribution in [0.3, 0.4) is 0 Å². The van der Waals surface area contributed by atoms with Crippen LogP contribution in [0.25, 0.3) is 0 Å². The lowest BCUT2D eigenvalue weighted by Gasteiger charge is -2.18. The summed E-state index contributed by atoms with van der Waals surface area (Å²) in [5, 5.41) is 0. The van der Waals surface area contributed by atoms with E-state index in [1.165, 1.54) is 116 Å². The molecule has 0 N–H and O–H groups in total. The van der Waals surface area contributed by atoms with Gasteiger partial charge in [0.05, 0.1) is 0 Å². The molecule has 0 saturated carbocycles. The minimum absolute atomic E-state index is 0.0827. The second-order valence-corrected chi connectivity index (χ2v) is 17.1.